The summed E-state index contributed by atoms with van der Waals surface area (Å²) in [6.45, 7) is 7.15. The van der Waals surface area contributed by atoms with Gasteiger partial charge in [0.05, 0.1) is 39.9 Å². The van der Waals surface area contributed by atoms with Gasteiger partial charge < -0.3 is 29.8 Å². The van der Waals surface area contributed by atoms with E-state index in [-0.39, 0.29) is 42.4 Å². The molecular formula is C40H42BrN3O5Si. The normalized spacial score (nSPS) is 21.6. The molecule has 1 spiro atoms. The van der Waals surface area contributed by atoms with Crippen molar-refractivity contribution in [2.75, 3.05) is 23.9 Å². The average molecular weight is 753 g/mol. The topological polar surface area (TPSA) is 104 Å². The van der Waals surface area contributed by atoms with Crippen LogP contribution in [0.1, 0.15) is 30.0 Å². The zero-order chi connectivity index (χ0) is 35.2. The molecule has 2 aliphatic rings. The quantitative estimate of drug-likeness (QED) is 0.130. The maximum Gasteiger partial charge on any atom is 0.264 e. The van der Waals surface area contributed by atoms with Crippen LogP contribution < -0.4 is 20.1 Å². The number of carbonyl (C=O) groups excluding carboxylic acids is 2. The lowest BCUT2D eigenvalue weighted by Crippen LogP contribution is -2.51. The summed E-state index contributed by atoms with van der Waals surface area (Å²) < 4.78 is 13.3. The van der Waals surface area contributed by atoms with E-state index < -0.39 is 13.7 Å². The summed E-state index contributed by atoms with van der Waals surface area (Å²) in [4.78, 5) is 32.9. The number of rotatable bonds is 10. The van der Waals surface area contributed by atoms with Gasteiger partial charge in [-0.2, -0.15) is 0 Å². The number of nitrogens with zero attached hydrogens (tertiary/aromatic N) is 1. The van der Waals surface area contributed by atoms with Crippen LogP contribution in [0.15, 0.2) is 102 Å². The molecule has 5 aromatic rings. The summed E-state index contributed by atoms with van der Waals surface area (Å²) in [6, 6.07) is 29.9. The number of carbonyl (C=O) groups is 2. The number of aliphatic hydroxyl groups excluding tert-OH is 1. The lowest BCUT2D eigenvalue weighted by Gasteiger charge is -2.37. The number of methoxy groups -OCH3 is 1. The molecule has 1 fully saturated rings. The second-order valence-electron chi connectivity index (χ2n) is 14.0. The zero-order valence-corrected chi connectivity index (χ0v) is 31.3. The molecule has 4 atom stereocenters. The smallest absolute Gasteiger partial charge is 0.264 e. The Morgan fingerprint density at radius 1 is 1.06 bits per heavy atom. The Hall–Kier alpha value is -4.22. The van der Waals surface area contributed by atoms with Crippen LogP contribution in [0.2, 0.25) is 18.6 Å². The number of aromatic nitrogens is 1. The Balaban J connectivity index is 1.14. The highest BCUT2D eigenvalue weighted by Crippen LogP contribution is 2.60. The Bertz CT molecular complexity index is 2050. The highest BCUT2D eigenvalue weighted by Gasteiger charge is 2.66. The first kappa shape index (κ1) is 34.2. The minimum atomic E-state index is -2.26. The van der Waals surface area contributed by atoms with Crippen molar-refractivity contribution in [1.29, 1.82) is 0 Å². The molecule has 4 aromatic carbocycles. The van der Waals surface area contributed by atoms with Crippen molar-refractivity contribution < 1.29 is 24.2 Å². The van der Waals surface area contributed by atoms with Gasteiger partial charge in [0.25, 0.3) is 5.91 Å². The monoisotopic (exact) mass is 751 g/mol. The minimum Gasteiger partial charge on any atom is -0.497 e. The number of halogens is 1. The van der Waals surface area contributed by atoms with Gasteiger partial charge in [0.15, 0.2) is 5.60 Å². The number of ether oxygens (including phenoxy) is 2. The summed E-state index contributed by atoms with van der Waals surface area (Å²) in [5, 5.41) is 15.5. The third-order valence-corrected chi connectivity index (χ3v) is 15.7. The second kappa shape index (κ2) is 13.5. The van der Waals surface area contributed by atoms with Crippen LogP contribution >= 0.6 is 15.9 Å². The van der Waals surface area contributed by atoms with Crippen LogP contribution in [0.3, 0.4) is 0 Å². The van der Waals surface area contributed by atoms with E-state index in [1.807, 2.05) is 90.0 Å². The van der Waals surface area contributed by atoms with E-state index in [2.05, 4.69) is 58.4 Å². The summed E-state index contributed by atoms with van der Waals surface area (Å²) in [6.07, 6.45) is 2.31. The number of hydrogen-bond donors (Lipinski definition) is 3. The summed E-state index contributed by atoms with van der Waals surface area (Å²) in [7, 11) is -0.600. The van der Waals surface area contributed by atoms with E-state index in [9.17, 15) is 14.7 Å². The Morgan fingerprint density at radius 3 is 2.52 bits per heavy atom. The van der Waals surface area contributed by atoms with Gasteiger partial charge >= 0.3 is 0 Å². The molecule has 3 heterocycles. The number of hydrogen-bond acceptors (Lipinski definition) is 5. The molecule has 50 heavy (non-hydrogen) atoms. The summed E-state index contributed by atoms with van der Waals surface area (Å²) >= 11 is 3.67. The fourth-order valence-corrected chi connectivity index (χ4v) is 12.8. The van der Waals surface area contributed by atoms with E-state index in [0.717, 1.165) is 43.5 Å². The van der Waals surface area contributed by atoms with Crippen LogP contribution in [-0.4, -0.2) is 49.8 Å². The van der Waals surface area contributed by atoms with Gasteiger partial charge in [-0.3, -0.25) is 9.59 Å². The second-order valence-corrected chi connectivity index (χ2v) is 19.6. The largest absolute Gasteiger partial charge is 0.497 e. The maximum absolute atomic E-state index is 14.9. The van der Waals surface area contributed by atoms with Gasteiger partial charge in [0.2, 0.25) is 5.91 Å². The van der Waals surface area contributed by atoms with Crippen LogP contribution in [-0.2, 0) is 32.9 Å². The molecule has 1 saturated heterocycles. The molecule has 258 valence electrons. The zero-order valence-electron chi connectivity index (χ0n) is 28.7. The van der Waals surface area contributed by atoms with Gasteiger partial charge in [0, 0.05) is 45.3 Å². The van der Waals surface area contributed by atoms with Gasteiger partial charge in [0.1, 0.15) is 5.75 Å². The van der Waals surface area contributed by atoms with E-state index in [4.69, 9.17) is 9.47 Å². The van der Waals surface area contributed by atoms with Gasteiger partial charge in [-0.15, -0.1) is 0 Å². The van der Waals surface area contributed by atoms with Gasteiger partial charge in [-0.05, 0) is 71.6 Å². The molecule has 0 saturated carbocycles. The number of nitrogens with one attached hydrogen (secondary N) is 2. The minimum absolute atomic E-state index is 0.0228. The highest BCUT2D eigenvalue weighted by molar-refractivity contribution is 9.10. The number of amides is 2. The van der Waals surface area contributed by atoms with E-state index in [0.29, 0.717) is 18.7 Å². The molecular weight excluding hydrogens is 710 g/mol. The Labute approximate surface area is 301 Å². The third kappa shape index (κ3) is 5.87. The predicted octanol–water partition coefficient (Wildman–Crippen LogP) is 7.27. The fraction of sp³-hybridized carbons (Fsp3) is 0.300. The van der Waals surface area contributed by atoms with E-state index in [1.165, 1.54) is 5.19 Å². The van der Waals surface area contributed by atoms with Crippen LogP contribution in [0.5, 0.6) is 5.75 Å². The molecule has 7 rings (SSSR count). The van der Waals surface area contributed by atoms with Crippen LogP contribution in [0.25, 0.3) is 10.9 Å². The molecule has 2 amide bonds. The lowest BCUT2D eigenvalue weighted by atomic mass is 9.82. The van der Waals surface area contributed by atoms with Crippen molar-refractivity contribution in [2.24, 2.45) is 5.92 Å². The number of fused-ring (bicyclic) bond motifs is 3. The first-order valence-corrected chi connectivity index (χ1v) is 20.9. The van der Waals surface area contributed by atoms with Gasteiger partial charge in [-0.25, -0.2) is 0 Å². The molecule has 0 radical (unpaired) electrons. The van der Waals surface area contributed by atoms with Crippen molar-refractivity contribution in [2.45, 2.75) is 56.7 Å². The fourth-order valence-electron chi connectivity index (χ4n) is 8.37. The van der Waals surface area contributed by atoms with Crippen molar-refractivity contribution in [3.8, 4) is 5.75 Å². The van der Waals surface area contributed by atoms with Crippen molar-refractivity contribution >= 4 is 63.3 Å². The van der Waals surface area contributed by atoms with E-state index >= 15 is 0 Å². The number of para-hydroxylation sites is 1. The molecule has 1 aromatic heterocycles. The molecule has 0 unspecified atom stereocenters. The first-order valence-electron chi connectivity index (χ1n) is 17.1. The van der Waals surface area contributed by atoms with Crippen LogP contribution in [0.4, 0.5) is 11.4 Å². The summed E-state index contributed by atoms with van der Waals surface area (Å²) in [5.74, 6) is 0.473. The molecule has 10 heteroatoms. The molecule has 0 aliphatic carbocycles. The standard InChI is InChI=1S/C40H42BrN3O5Si/c1-25-38(50(3,4)31-16-14-30(48-2)15-17-31)36(19-20-45)49-40(25)33-22-28(41)11-18-35(33)44(39(40)47)24-26-9-12-29(13-10-26)43-37(46)21-27-23-42-34-8-6-5-7-32(27)34/h5-18,22-23,25,36,38,42,45H,19-21,24H2,1-4H3,(H,43,46)/t25-,36+,38-,40+/m0/s1. The van der Waals surface area contributed by atoms with Gasteiger partial charge in [-0.1, -0.05) is 83.6 Å². The number of aliphatic hydroxyl groups is 1. The maximum atomic E-state index is 14.9. The summed E-state index contributed by atoms with van der Waals surface area (Å²) in [5.41, 5.74) is 4.14. The number of anilines is 2. The highest BCUT2D eigenvalue weighted by atomic mass is 79.9. The van der Waals surface area contributed by atoms with Crippen LogP contribution in [0, 0.1) is 5.92 Å². The Kier molecular flexibility index (Phi) is 9.23. The third-order valence-electron chi connectivity index (χ3n) is 10.8. The van der Waals surface area contributed by atoms with E-state index in [1.54, 1.807) is 7.11 Å². The molecule has 0 bridgehead atoms. The molecule has 3 N–H and O–H groups in total. The average Bonchev–Trinajstić information content (AvgIpc) is 3.72. The number of H-pyrrole nitrogens is 1. The molecule has 2 aliphatic heterocycles. The van der Waals surface area contributed by atoms with Crippen molar-refractivity contribution in [3.63, 3.8) is 0 Å². The lowest BCUT2D eigenvalue weighted by molar-refractivity contribution is -0.146. The number of aromatic amines is 1. The SMILES string of the molecule is COc1ccc([Si](C)(C)[C@@H]2[C@@H](CCO)O[C@]3(C(=O)N(Cc4ccc(NC(=O)Cc5c[nH]c6ccccc56)cc4)c4ccc(Br)cc43)[C@H]2C)cc1. The Morgan fingerprint density at radius 2 is 1.80 bits per heavy atom. The predicted molar refractivity (Wildman–Crippen MR) is 204 cm³/mol. The van der Waals surface area contributed by atoms with Crippen molar-refractivity contribution in [1.82, 2.24) is 4.98 Å². The van der Waals surface area contributed by atoms with Crippen molar-refractivity contribution in [3.05, 3.63) is 118 Å². The molecule has 8 nitrogen and oxygen atoms in total. The number of benzene rings is 4. The first-order chi connectivity index (χ1) is 24.1.